The van der Waals surface area contributed by atoms with Gasteiger partial charge in [0, 0.05) is 0 Å². The van der Waals surface area contributed by atoms with E-state index in [0.717, 1.165) is 23.9 Å². The number of rotatable bonds is 4. The molecule has 0 fully saturated rings. The van der Waals surface area contributed by atoms with Crippen LogP contribution in [0.25, 0.3) is 0 Å². The maximum atomic E-state index is 14.1. The van der Waals surface area contributed by atoms with Crippen LogP contribution >= 0.6 is 0 Å². The molecule has 0 aliphatic carbocycles. The lowest BCUT2D eigenvalue weighted by Gasteiger charge is -2.22. The van der Waals surface area contributed by atoms with E-state index in [-0.39, 0.29) is 5.82 Å². The van der Waals surface area contributed by atoms with Gasteiger partial charge in [-0.25, -0.2) is 4.39 Å². The van der Waals surface area contributed by atoms with Crippen LogP contribution in [0.15, 0.2) is 12.1 Å². The van der Waals surface area contributed by atoms with Crippen molar-refractivity contribution < 1.29 is 8.82 Å². The molecule has 0 aliphatic rings. The van der Waals surface area contributed by atoms with E-state index in [1.54, 1.807) is 0 Å². The number of halogens is 1. The van der Waals surface area contributed by atoms with Crippen LogP contribution in [0.4, 0.5) is 4.39 Å². The van der Waals surface area contributed by atoms with Gasteiger partial charge >= 0.3 is 0 Å². The highest BCUT2D eigenvalue weighted by atomic mass is 28.4. The highest BCUT2D eigenvalue weighted by molar-refractivity contribution is 6.70. The second kappa shape index (κ2) is 5.04. The summed E-state index contributed by atoms with van der Waals surface area (Å²) in [5, 5.41) is 0. The lowest BCUT2D eigenvalue weighted by molar-refractivity contribution is 0.493. The maximum absolute atomic E-state index is 14.1. The molecule has 0 saturated heterocycles. The second-order valence-corrected chi connectivity index (χ2v) is 9.58. The Morgan fingerprint density at radius 3 is 2.44 bits per heavy atom. The minimum atomic E-state index is -1.75. The second-order valence-electron chi connectivity index (χ2n) is 5.15. The molecule has 88 valence electrons. The number of aryl methyl sites for hydroxylation is 1. The normalized spacial score (nSPS) is 11.6. The Morgan fingerprint density at radius 2 is 1.94 bits per heavy atom. The third kappa shape index (κ3) is 3.37. The molecule has 0 saturated carbocycles. The molecule has 0 spiro atoms. The molecule has 0 unspecified atom stereocenters. The first kappa shape index (κ1) is 13.3. The van der Waals surface area contributed by atoms with E-state index in [2.05, 4.69) is 26.6 Å². The fourth-order valence-electron chi connectivity index (χ4n) is 1.59. The van der Waals surface area contributed by atoms with Crippen molar-refractivity contribution in [3.05, 3.63) is 23.5 Å². The lowest BCUT2D eigenvalue weighted by Crippen LogP contribution is -2.32. The predicted molar refractivity (Wildman–Crippen MR) is 72.5 cm³/mol. The van der Waals surface area contributed by atoms with Crippen molar-refractivity contribution in [2.45, 2.75) is 39.4 Å². The van der Waals surface area contributed by atoms with Crippen LogP contribution < -0.4 is 9.89 Å². The Balaban J connectivity index is 3.11. The van der Waals surface area contributed by atoms with E-state index in [0.29, 0.717) is 5.75 Å². The van der Waals surface area contributed by atoms with Crippen LogP contribution in [0.3, 0.4) is 0 Å². The quantitative estimate of drug-likeness (QED) is 0.731. The minimum Gasteiger partial charge on any atom is -0.543 e. The summed E-state index contributed by atoms with van der Waals surface area (Å²) in [7, 11) is 0.150. The molecule has 1 rings (SSSR count). The van der Waals surface area contributed by atoms with Gasteiger partial charge in [-0.3, -0.25) is 0 Å². The zero-order valence-corrected chi connectivity index (χ0v) is 11.9. The van der Waals surface area contributed by atoms with Crippen LogP contribution in [-0.2, 0) is 6.42 Å². The smallest absolute Gasteiger partial charge is 0.242 e. The third-order valence-electron chi connectivity index (χ3n) is 2.30. The Kier molecular flexibility index (Phi) is 4.19. The molecule has 1 aromatic rings. The summed E-state index contributed by atoms with van der Waals surface area (Å²) in [6.45, 7) is 8.26. The van der Waals surface area contributed by atoms with Crippen molar-refractivity contribution in [1.29, 1.82) is 0 Å². The van der Waals surface area contributed by atoms with E-state index in [9.17, 15) is 4.39 Å². The van der Waals surface area contributed by atoms with E-state index >= 15 is 0 Å². The molecule has 1 aromatic carbocycles. The molecular formula is C12H20BFOSi. The van der Waals surface area contributed by atoms with Gasteiger partial charge in [0.25, 0.3) is 0 Å². The van der Waals surface area contributed by atoms with Crippen molar-refractivity contribution in [3.63, 3.8) is 0 Å². The topological polar surface area (TPSA) is 9.23 Å². The van der Waals surface area contributed by atoms with Crippen LogP contribution in [0.1, 0.15) is 18.9 Å². The number of hydrogen-bond donors (Lipinski definition) is 0. The van der Waals surface area contributed by atoms with Gasteiger partial charge in [-0.05, 0) is 37.1 Å². The summed E-state index contributed by atoms with van der Waals surface area (Å²) >= 11 is 0. The van der Waals surface area contributed by atoms with Gasteiger partial charge in [0.1, 0.15) is 13.6 Å². The van der Waals surface area contributed by atoms with E-state index in [1.165, 1.54) is 0 Å². The number of benzene rings is 1. The zero-order valence-electron chi connectivity index (χ0n) is 10.9. The predicted octanol–water partition coefficient (Wildman–Crippen LogP) is 2.25. The molecule has 0 heterocycles. The Bertz CT molecular complexity index is 374. The molecule has 0 amide bonds. The van der Waals surface area contributed by atoms with Gasteiger partial charge in [0.2, 0.25) is 8.32 Å². The monoisotopic (exact) mass is 238 g/mol. The van der Waals surface area contributed by atoms with Crippen LogP contribution in [0.2, 0.25) is 19.6 Å². The summed E-state index contributed by atoms with van der Waals surface area (Å²) in [4.78, 5) is 0. The molecule has 4 heteroatoms. The largest absolute Gasteiger partial charge is 0.543 e. The average Bonchev–Trinajstić information content (AvgIpc) is 2.16. The fraction of sp³-hybridized carbons (Fsp3) is 0.500. The van der Waals surface area contributed by atoms with Crippen molar-refractivity contribution >= 4 is 21.6 Å². The molecule has 0 aromatic heterocycles. The molecule has 0 bridgehead atoms. The van der Waals surface area contributed by atoms with Gasteiger partial charge in [-0.2, -0.15) is 0 Å². The Labute approximate surface area is 99.6 Å². The summed E-state index contributed by atoms with van der Waals surface area (Å²) in [6, 6.07) is 3.81. The molecule has 1 nitrogen and oxygen atoms in total. The average molecular weight is 238 g/mol. The SMILES string of the molecule is Bc1ccc(CCC)c(F)c1O[Si](C)(C)C. The van der Waals surface area contributed by atoms with Gasteiger partial charge in [-0.1, -0.05) is 25.5 Å². The molecule has 0 atom stereocenters. The zero-order chi connectivity index (χ0) is 12.3. The highest BCUT2D eigenvalue weighted by Gasteiger charge is 2.21. The Hall–Kier alpha value is -0.768. The first-order valence-corrected chi connectivity index (χ1v) is 9.23. The summed E-state index contributed by atoms with van der Waals surface area (Å²) < 4.78 is 20.0. The minimum absolute atomic E-state index is 0.163. The molecule has 0 aliphatic heterocycles. The summed E-state index contributed by atoms with van der Waals surface area (Å²) in [6.07, 6.45) is 1.72. The van der Waals surface area contributed by atoms with Crippen molar-refractivity contribution in [3.8, 4) is 5.75 Å². The van der Waals surface area contributed by atoms with Gasteiger partial charge in [0.15, 0.2) is 5.82 Å². The maximum Gasteiger partial charge on any atom is 0.242 e. The molecule has 16 heavy (non-hydrogen) atoms. The standard InChI is InChI=1S/C12H20BFOSi/c1-5-6-9-7-8-10(13)12(11(9)14)15-16(2,3)4/h7-8H,5-6,13H2,1-4H3. The first-order chi connectivity index (χ1) is 7.35. The highest BCUT2D eigenvalue weighted by Crippen LogP contribution is 2.22. The summed E-state index contributed by atoms with van der Waals surface area (Å²) in [5.41, 5.74) is 1.65. The van der Waals surface area contributed by atoms with Gasteiger partial charge in [0.05, 0.1) is 0 Å². The van der Waals surface area contributed by atoms with Crippen molar-refractivity contribution in [2.24, 2.45) is 0 Å². The fourth-order valence-corrected chi connectivity index (χ4v) is 2.45. The van der Waals surface area contributed by atoms with Crippen molar-refractivity contribution in [2.75, 3.05) is 0 Å². The lowest BCUT2D eigenvalue weighted by atomic mass is 9.92. The molecular weight excluding hydrogens is 218 g/mol. The number of hydrogen-bond acceptors (Lipinski definition) is 1. The Morgan fingerprint density at radius 1 is 1.31 bits per heavy atom. The van der Waals surface area contributed by atoms with E-state index < -0.39 is 8.32 Å². The van der Waals surface area contributed by atoms with E-state index in [1.807, 2.05) is 20.0 Å². The molecule has 0 N–H and O–H groups in total. The third-order valence-corrected chi connectivity index (χ3v) is 3.12. The first-order valence-electron chi connectivity index (χ1n) is 5.82. The summed E-state index contributed by atoms with van der Waals surface area (Å²) in [5.74, 6) is 0.300. The van der Waals surface area contributed by atoms with Gasteiger partial charge in [-0.15, -0.1) is 0 Å². The van der Waals surface area contributed by atoms with Crippen molar-refractivity contribution in [1.82, 2.24) is 0 Å². The molecule has 0 radical (unpaired) electrons. The van der Waals surface area contributed by atoms with Gasteiger partial charge < -0.3 is 4.43 Å². The van der Waals surface area contributed by atoms with Crippen LogP contribution in [-0.4, -0.2) is 16.2 Å². The van der Waals surface area contributed by atoms with Crippen LogP contribution in [0, 0.1) is 5.82 Å². The van der Waals surface area contributed by atoms with E-state index in [4.69, 9.17) is 4.43 Å². The van der Waals surface area contributed by atoms with Crippen LogP contribution in [0.5, 0.6) is 5.75 Å².